The summed E-state index contributed by atoms with van der Waals surface area (Å²) in [6.45, 7) is 8.23. The first-order valence-electron chi connectivity index (χ1n) is 10.8. The molecule has 1 saturated heterocycles. The highest BCUT2D eigenvalue weighted by atomic mass is 127. The Balaban J connectivity index is 0.00000256. The third-order valence-electron chi connectivity index (χ3n) is 6.55. The predicted molar refractivity (Wildman–Crippen MR) is 132 cm³/mol. The Kier molecular flexibility index (Phi) is 7.65. The van der Waals surface area contributed by atoms with Gasteiger partial charge in [0, 0.05) is 37.4 Å². The maximum absolute atomic E-state index is 5.31. The topological polar surface area (TPSA) is 54.7 Å². The van der Waals surface area contributed by atoms with Crippen molar-refractivity contribution in [3.63, 3.8) is 0 Å². The smallest absolute Gasteiger partial charge is 0.194 e. The molecule has 1 aliphatic heterocycles. The van der Waals surface area contributed by atoms with E-state index in [1.165, 1.54) is 18.4 Å². The fourth-order valence-corrected chi connectivity index (χ4v) is 4.38. The van der Waals surface area contributed by atoms with Crippen molar-refractivity contribution in [3.05, 3.63) is 48.5 Å². The molecule has 2 atom stereocenters. The van der Waals surface area contributed by atoms with Crippen molar-refractivity contribution in [3.8, 4) is 5.75 Å². The number of likely N-dealkylation sites (tertiary alicyclic amines) is 1. The van der Waals surface area contributed by atoms with Crippen molar-refractivity contribution in [1.29, 1.82) is 0 Å². The van der Waals surface area contributed by atoms with Gasteiger partial charge >= 0.3 is 0 Å². The monoisotopic (exact) mass is 523 g/mol. The number of halogens is 1. The number of aromatic nitrogens is 2. The van der Waals surface area contributed by atoms with Crippen LogP contribution in [0.15, 0.2) is 48.0 Å². The van der Waals surface area contributed by atoms with Gasteiger partial charge in [-0.05, 0) is 49.8 Å². The summed E-state index contributed by atoms with van der Waals surface area (Å²) in [7, 11) is 1.71. The van der Waals surface area contributed by atoms with Crippen LogP contribution < -0.4 is 10.1 Å². The van der Waals surface area contributed by atoms with Gasteiger partial charge in [-0.15, -0.1) is 24.0 Å². The normalized spacial score (nSPS) is 22.9. The minimum absolute atomic E-state index is 0. The van der Waals surface area contributed by atoms with Gasteiger partial charge in [0.25, 0.3) is 0 Å². The van der Waals surface area contributed by atoms with Gasteiger partial charge in [-0.1, -0.05) is 19.1 Å². The first kappa shape index (κ1) is 22.9. The van der Waals surface area contributed by atoms with Crippen LogP contribution in [0.5, 0.6) is 5.75 Å². The second-order valence-electron chi connectivity index (χ2n) is 8.47. The number of aliphatic imine (C=N–C) groups is 1. The van der Waals surface area contributed by atoms with E-state index in [0.717, 1.165) is 44.3 Å². The molecule has 0 bridgehead atoms. The average molecular weight is 523 g/mol. The molecule has 4 rings (SSSR count). The largest absolute Gasteiger partial charge is 0.497 e. The number of hydrogen-bond donors (Lipinski definition) is 1. The third-order valence-corrected chi connectivity index (χ3v) is 6.55. The molecular formula is C23H34IN5O. The van der Waals surface area contributed by atoms with Crippen LogP contribution in [0.4, 0.5) is 0 Å². The molecule has 1 aromatic heterocycles. The SMILES string of the molecule is CCNC(=NCC1(c2ccc(OC)cc2)CC1)N1CCC(C)C(n2ccnc2)C1.I. The first-order valence-corrected chi connectivity index (χ1v) is 10.8. The lowest BCUT2D eigenvalue weighted by molar-refractivity contribution is 0.189. The van der Waals surface area contributed by atoms with Crippen molar-refractivity contribution in [2.75, 3.05) is 33.3 Å². The van der Waals surface area contributed by atoms with Crippen molar-refractivity contribution in [2.24, 2.45) is 10.9 Å². The van der Waals surface area contributed by atoms with Gasteiger partial charge in [-0.3, -0.25) is 4.99 Å². The predicted octanol–water partition coefficient (Wildman–Crippen LogP) is 4.09. The van der Waals surface area contributed by atoms with E-state index in [2.05, 4.69) is 64.1 Å². The molecule has 1 aromatic carbocycles. The number of guanidine groups is 1. The minimum atomic E-state index is 0. The number of hydrogen-bond acceptors (Lipinski definition) is 3. The van der Waals surface area contributed by atoms with Crippen LogP contribution in [-0.4, -0.2) is 53.7 Å². The summed E-state index contributed by atoms with van der Waals surface area (Å²) in [5.74, 6) is 2.59. The molecule has 30 heavy (non-hydrogen) atoms. The summed E-state index contributed by atoms with van der Waals surface area (Å²) < 4.78 is 7.56. The molecule has 2 unspecified atom stereocenters. The van der Waals surface area contributed by atoms with Gasteiger partial charge < -0.3 is 19.5 Å². The molecule has 6 nitrogen and oxygen atoms in total. The van der Waals surface area contributed by atoms with Crippen molar-refractivity contribution in [2.45, 2.75) is 44.6 Å². The van der Waals surface area contributed by atoms with Crippen LogP contribution in [-0.2, 0) is 5.41 Å². The van der Waals surface area contributed by atoms with Crippen LogP contribution in [0, 0.1) is 5.92 Å². The number of methoxy groups -OCH3 is 1. The van der Waals surface area contributed by atoms with Gasteiger partial charge in [0.05, 0.1) is 26.0 Å². The summed E-state index contributed by atoms with van der Waals surface area (Å²) in [6, 6.07) is 8.96. The average Bonchev–Trinajstić information content (AvgIpc) is 3.35. The number of rotatable bonds is 6. The molecule has 2 aromatic rings. The number of imidazole rings is 1. The van der Waals surface area contributed by atoms with E-state index >= 15 is 0 Å². The van der Waals surface area contributed by atoms with Crippen molar-refractivity contribution in [1.82, 2.24) is 19.8 Å². The van der Waals surface area contributed by atoms with Crippen LogP contribution in [0.25, 0.3) is 0 Å². The van der Waals surface area contributed by atoms with Crippen LogP contribution in [0.2, 0.25) is 0 Å². The summed E-state index contributed by atoms with van der Waals surface area (Å²) >= 11 is 0. The zero-order valence-corrected chi connectivity index (χ0v) is 20.6. The third kappa shape index (κ3) is 4.92. The van der Waals surface area contributed by atoms with E-state index < -0.39 is 0 Å². The molecule has 2 aliphatic rings. The number of nitrogens with zero attached hydrogens (tertiary/aromatic N) is 4. The highest BCUT2D eigenvalue weighted by Crippen LogP contribution is 2.48. The van der Waals surface area contributed by atoms with Gasteiger partial charge in [0.15, 0.2) is 5.96 Å². The Morgan fingerprint density at radius 1 is 1.30 bits per heavy atom. The highest BCUT2D eigenvalue weighted by Gasteiger charge is 2.44. The number of piperidine rings is 1. The lowest BCUT2D eigenvalue weighted by atomic mass is 9.93. The maximum Gasteiger partial charge on any atom is 0.194 e. The standard InChI is InChI=1S/C23H33N5O.HI/c1-4-25-22(27-13-9-18(2)21(15-27)28-14-12-24-17-28)26-16-23(10-11-23)19-5-7-20(29-3)8-6-19;/h5-8,12,14,17-18,21H,4,9-11,13,15-16H2,1-3H3,(H,25,26);1H. The highest BCUT2D eigenvalue weighted by molar-refractivity contribution is 14.0. The molecule has 2 fully saturated rings. The summed E-state index contributed by atoms with van der Waals surface area (Å²) in [4.78, 5) is 11.8. The molecule has 7 heteroatoms. The second kappa shape index (κ2) is 10.0. The van der Waals surface area contributed by atoms with Crippen molar-refractivity contribution < 1.29 is 4.74 Å². The van der Waals surface area contributed by atoms with Gasteiger partial charge in [-0.2, -0.15) is 0 Å². The molecule has 2 heterocycles. The Labute approximate surface area is 197 Å². The van der Waals surface area contributed by atoms with Crippen LogP contribution in [0.3, 0.4) is 0 Å². The summed E-state index contributed by atoms with van der Waals surface area (Å²) in [5.41, 5.74) is 1.57. The van der Waals surface area contributed by atoms with Gasteiger partial charge in [0.1, 0.15) is 5.75 Å². The Bertz CT molecular complexity index is 817. The molecule has 1 aliphatic carbocycles. The fourth-order valence-electron chi connectivity index (χ4n) is 4.38. The van der Waals surface area contributed by atoms with E-state index in [0.29, 0.717) is 12.0 Å². The quantitative estimate of drug-likeness (QED) is 0.352. The lowest BCUT2D eigenvalue weighted by Gasteiger charge is -2.39. The maximum atomic E-state index is 5.31. The van der Waals surface area contributed by atoms with E-state index in [9.17, 15) is 0 Å². The second-order valence-corrected chi connectivity index (χ2v) is 8.47. The summed E-state index contributed by atoms with van der Waals surface area (Å²) in [5, 5.41) is 3.53. The lowest BCUT2D eigenvalue weighted by Crippen LogP contribution is -2.49. The minimum Gasteiger partial charge on any atom is -0.497 e. The van der Waals surface area contributed by atoms with Crippen LogP contribution in [0.1, 0.15) is 44.7 Å². The number of ether oxygens (including phenoxy) is 1. The van der Waals surface area contributed by atoms with E-state index in [1.807, 2.05) is 12.5 Å². The van der Waals surface area contributed by atoms with Crippen molar-refractivity contribution >= 4 is 29.9 Å². The zero-order chi connectivity index (χ0) is 20.3. The fraction of sp³-hybridized carbons (Fsp3) is 0.565. The molecule has 0 amide bonds. The van der Waals surface area contributed by atoms with Gasteiger partial charge in [0.2, 0.25) is 0 Å². The zero-order valence-electron chi connectivity index (χ0n) is 18.3. The first-order chi connectivity index (χ1) is 14.1. The molecular weight excluding hydrogens is 489 g/mol. The van der Waals surface area contributed by atoms with Gasteiger partial charge in [-0.25, -0.2) is 4.98 Å². The molecule has 0 radical (unpaired) electrons. The number of benzene rings is 1. The molecule has 1 saturated carbocycles. The molecule has 164 valence electrons. The number of nitrogens with one attached hydrogen (secondary N) is 1. The Morgan fingerprint density at radius 3 is 2.67 bits per heavy atom. The van der Waals surface area contributed by atoms with Crippen LogP contribution >= 0.6 is 24.0 Å². The molecule has 0 spiro atoms. The Hall–Kier alpha value is -1.77. The molecule has 1 N–H and O–H groups in total. The Morgan fingerprint density at radius 2 is 2.07 bits per heavy atom. The van der Waals surface area contributed by atoms with E-state index in [4.69, 9.17) is 9.73 Å². The summed E-state index contributed by atoms with van der Waals surface area (Å²) in [6.07, 6.45) is 9.47. The van der Waals surface area contributed by atoms with E-state index in [1.54, 1.807) is 7.11 Å². The van der Waals surface area contributed by atoms with E-state index in [-0.39, 0.29) is 29.4 Å².